The van der Waals surface area contributed by atoms with Crippen molar-refractivity contribution in [3.8, 4) is 0 Å². The lowest BCUT2D eigenvalue weighted by Gasteiger charge is -2.52. The number of nitrogens with zero attached hydrogens (tertiary/aromatic N) is 2. The molecule has 0 spiro atoms. The van der Waals surface area contributed by atoms with Crippen LogP contribution in [0.4, 0.5) is 0 Å². The van der Waals surface area contributed by atoms with Crippen molar-refractivity contribution in [3.63, 3.8) is 0 Å². The van der Waals surface area contributed by atoms with Gasteiger partial charge in [-0.25, -0.2) is 0 Å². The molecule has 0 radical (unpaired) electrons. The Hall–Kier alpha value is -2.14. The minimum Gasteiger partial charge on any atom is -0.385 e. The molecule has 1 aromatic heterocycles. The number of fused-ring (bicyclic) bond motifs is 1. The molecule has 2 aliphatic rings. The number of hydrogen-bond acceptors (Lipinski definition) is 4. The van der Waals surface area contributed by atoms with Crippen LogP contribution in [0.1, 0.15) is 61.1 Å². The van der Waals surface area contributed by atoms with Gasteiger partial charge in [-0.1, -0.05) is 48.3 Å². The number of carbonyl (C=O) groups excluding carboxylic acids is 1. The van der Waals surface area contributed by atoms with E-state index in [2.05, 4.69) is 10.1 Å². The highest BCUT2D eigenvalue weighted by Gasteiger charge is 2.50. The molecule has 4 rings (SSSR count). The third-order valence-corrected chi connectivity index (χ3v) is 6.84. The zero-order chi connectivity index (χ0) is 19.7. The smallest absolute Gasteiger partial charge is 0.223 e. The maximum Gasteiger partial charge on any atom is 0.223 e. The van der Waals surface area contributed by atoms with Crippen molar-refractivity contribution < 1.29 is 14.4 Å². The van der Waals surface area contributed by atoms with E-state index in [1.165, 1.54) is 0 Å². The Kier molecular flexibility index (Phi) is 5.28. The van der Waals surface area contributed by atoms with Crippen molar-refractivity contribution in [2.45, 2.75) is 70.4 Å². The fraction of sp³-hybridized carbons (Fsp3) is 0.565. The quantitative estimate of drug-likeness (QED) is 0.871. The number of aryl methyl sites for hydroxylation is 2. The highest BCUT2D eigenvalue weighted by Crippen LogP contribution is 2.47. The van der Waals surface area contributed by atoms with Gasteiger partial charge < -0.3 is 14.5 Å². The summed E-state index contributed by atoms with van der Waals surface area (Å²) in [6, 6.07) is 10.2. The van der Waals surface area contributed by atoms with Crippen LogP contribution in [0.15, 0.2) is 34.9 Å². The standard InChI is InChI=1S/C23H30N2O3/c1-16-19(17(2)28-24-16)12-13-22(26)25-15-14-23(27,18-8-4-3-5-9-18)20-10-6-7-11-21(20)25/h3-5,8-9,20-21,27H,6-7,10-15H2,1-2H3/t20-,21+,23+/m0/s1. The van der Waals surface area contributed by atoms with Gasteiger partial charge in [0, 0.05) is 30.5 Å². The van der Waals surface area contributed by atoms with Gasteiger partial charge in [-0.2, -0.15) is 0 Å². The second kappa shape index (κ2) is 7.70. The molecule has 5 nitrogen and oxygen atoms in total. The number of carbonyl (C=O) groups is 1. The molecule has 1 saturated heterocycles. The van der Waals surface area contributed by atoms with Crippen molar-refractivity contribution >= 4 is 5.91 Å². The van der Waals surface area contributed by atoms with Crippen molar-refractivity contribution in [1.29, 1.82) is 0 Å². The van der Waals surface area contributed by atoms with Crippen LogP contribution in [0.5, 0.6) is 0 Å². The van der Waals surface area contributed by atoms with Crippen molar-refractivity contribution in [2.75, 3.05) is 6.54 Å². The van der Waals surface area contributed by atoms with Crippen LogP contribution in [-0.4, -0.2) is 33.7 Å². The van der Waals surface area contributed by atoms with Gasteiger partial charge in [-0.05, 0) is 45.1 Å². The monoisotopic (exact) mass is 382 g/mol. The zero-order valence-electron chi connectivity index (χ0n) is 16.9. The molecule has 2 heterocycles. The second-order valence-electron chi connectivity index (χ2n) is 8.39. The average molecular weight is 383 g/mol. The Morgan fingerprint density at radius 1 is 1.25 bits per heavy atom. The van der Waals surface area contributed by atoms with E-state index >= 15 is 0 Å². The molecule has 1 N–H and O–H groups in total. The van der Waals surface area contributed by atoms with Crippen LogP contribution >= 0.6 is 0 Å². The minimum atomic E-state index is -0.829. The maximum absolute atomic E-state index is 13.1. The summed E-state index contributed by atoms with van der Waals surface area (Å²) in [7, 11) is 0. The summed E-state index contributed by atoms with van der Waals surface area (Å²) in [4.78, 5) is 15.2. The number of hydrogen-bond donors (Lipinski definition) is 1. The van der Waals surface area contributed by atoms with Gasteiger partial charge in [0.25, 0.3) is 0 Å². The first-order valence-electron chi connectivity index (χ1n) is 10.5. The summed E-state index contributed by atoms with van der Waals surface area (Å²) in [6.45, 7) is 4.44. The molecular weight excluding hydrogens is 352 g/mol. The molecule has 1 aliphatic carbocycles. The summed E-state index contributed by atoms with van der Waals surface area (Å²) < 4.78 is 5.23. The minimum absolute atomic E-state index is 0.111. The number of piperidine rings is 1. The van der Waals surface area contributed by atoms with Crippen molar-refractivity contribution in [2.24, 2.45) is 5.92 Å². The van der Waals surface area contributed by atoms with E-state index in [9.17, 15) is 9.90 Å². The van der Waals surface area contributed by atoms with Crippen LogP contribution in [0.25, 0.3) is 0 Å². The summed E-state index contributed by atoms with van der Waals surface area (Å²) >= 11 is 0. The Bertz CT molecular complexity index is 812. The highest BCUT2D eigenvalue weighted by molar-refractivity contribution is 5.77. The van der Waals surface area contributed by atoms with Crippen LogP contribution in [0.3, 0.4) is 0 Å². The number of likely N-dealkylation sites (tertiary alicyclic amines) is 1. The molecule has 28 heavy (non-hydrogen) atoms. The maximum atomic E-state index is 13.1. The Balaban J connectivity index is 1.51. The first-order chi connectivity index (χ1) is 13.5. The van der Waals surface area contributed by atoms with Crippen LogP contribution < -0.4 is 0 Å². The number of rotatable bonds is 4. The van der Waals surface area contributed by atoms with E-state index in [4.69, 9.17) is 4.52 Å². The predicted octanol–water partition coefficient (Wildman–Crippen LogP) is 3.90. The zero-order valence-corrected chi connectivity index (χ0v) is 16.9. The fourth-order valence-electron chi connectivity index (χ4n) is 5.31. The van der Waals surface area contributed by atoms with E-state index in [0.717, 1.165) is 48.3 Å². The summed E-state index contributed by atoms with van der Waals surface area (Å²) in [5.74, 6) is 1.10. The van der Waals surface area contributed by atoms with Gasteiger partial charge in [0.05, 0.1) is 11.3 Å². The summed E-state index contributed by atoms with van der Waals surface area (Å²) in [6.07, 6.45) is 5.94. The normalized spacial score (nSPS) is 27.5. The lowest BCUT2D eigenvalue weighted by Crippen LogP contribution is -2.59. The fourth-order valence-corrected chi connectivity index (χ4v) is 5.31. The second-order valence-corrected chi connectivity index (χ2v) is 8.39. The summed E-state index contributed by atoms with van der Waals surface area (Å²) in [5, 5.41) is 15.6. The van der Waals surface area contributed by atoms with Crippen LogP contribution in [-0.2, 0) is 16.8 Å². The number of benzene rings is 1. The van der Waals surface area contributed by atoms with E-state index in [-0.39, 0.29) is 17.9 Å². The molecule has 3 atom stereocenters. The van der Waals surface area contributed by atoms with E-state index in [0.29, 0.717) is 25.8 Å². The molecule has 1 amide bonds. The van der Waals surface area contributed by atoms with Crippen LogP contribution in [0, 0.1) is 19.8 Å². The third kappa shape index (κ3) is 3.37. The average Bonchev–Trinajstić information content (AvgIpc) is 3.05. The molecule has 1 saturated carbocycles. The van der Waals surface area contributed by atoms with Gasteiger partial charge in [0.1, 0.15) is 5.76 Å². The molecule has 1 aliphatic heterocycles. The molecule has 2 aromatic rings. The Morgan fingerprint density at radius 3 is 2.71 bits per heavy atom. The third-order valence-electron chi connectivity index (χ3n) is 6.84. The van der Waals surface area contributed by atoms with Gasteiger partial charge in [0.2, 0.25) is 5.91 Å². The molecule has 1 aromatic carbocycles. The highest BCUT2D eigenvalue weighted by atomic mass is 16.5. The number of aromatic nitrogens is 1. The first-order valence-corrected chi connectivity index (χ1v) is 10.5. The largest absolute Gasteiger partial charge is 0.385 e. The van der Waals surface area contributed by atoms with E-state index in [1.54, 1.807) is 0 Å². The van der Waals surface area contributed by atoms with Crippen molar-refractivity contribution in [1.82, 2.24) is 10.1 Å². The molecule has 0 bridgehead atoms. The lowest BCUT2D eigenvalue weighted by atomic mass is 9.66. The topological polar surface area (TPSA) is 66.6 Å². The number of aliphatic hydroxyl groups is 1. The van der Waals surface area contributed by atoms with Crippen LogP contribution in [0.2, 0.25) is 0 Å². The number of amides is 1. The summed E-state index contributed by atoms with van der Waals surface area (Å²) in [5.41, 5.74) is 2.09. The van der Waals surface area contributed by atoms with E-state index < -0.39 is 5.60 Å². The molecule has 2 fully saturated rings. The predicted molar refractivity (Wildman–Crippen MR) is 107 cm³/mol. The molecular formula is C23H30N2O3. The van der Waals surface area contributed by atoms with Gasteiger partial charge in [-0.3, -0.25) is 4.79 Å². The van der Waals surface area contributed by atoms with E-state index in [1.807, 2.05) is 44.2 Å². The van der Waals surface area contributed by atoms with Gasteiger partial charge >= 0.3 is 0 Å². The molecule has 150 valence electrons. The lowest BCUT2D eigenvalue weighted by molar-refractivity contribution is -0.154. The van der Waals surface area contributed by atoms with Crippen molar-refractivity contribution in [3.05, 3.63) is 52.9 Å². The molecule has 5 heteroatoms. The first kappa shape index (κ1) is 19.2. The Labute approximate surface area is 166 Å². The van der Waals surface area contributed by atoms with Gasteiger partial charge in [0.15, 0.2) is 0 Å². The SMILES string of the molecule is Cc1noc(C)c1CCC(=O)N1CC[C@@](O)(c2ccccc2)[C@H]2CCCC[C@H]21. The Morgan fingerprint density at radius 2 is 2.00 bits per heavy atom. The van der Waals surface area contributed by atoms with Gasteiger partial charge in [-0.15, -0.1) is 0 Å². The molecule has 0 unspecified atom stereocenters.